The predicted molar refractivity (Wildman–Crippen MR) is 108 cm³/mol. The summed E-state index contributed by atoms with van der Waals surface area (Å²) in [6, 6.07) is 6.08. The van der Waals surface area contributed by atoms with Gasteiger partial charge in [-0.05, 0) is 44.7 Å². The molecule has 29 heavy (non-hydrogen) atoms. The van der Waals surface area contributed by atoms with E-state index in [-0.39, 0.29) is 17.5 Å². The van der Waals surface area contributed by atoms with Crippen LogP contribution in [0.15, 0.2) is 30.5 Å². The standard InChI is InChI=1S/C22H26FN3O3/c1-22(29)10-3-2-7-16(22)18-9-5-11-26(18)21(28)20(27)25-15-12-14-6-4-8-17(23)19(14)24-13-15/h4,6,8,12-13,16,18,29H,2-3,5,7,9-11H2,1H3,(H,25,27). The summed E-state index contributed by atoms with van der Waals surface area (Å²) >= 11 is 0. The van der Waals surface area contributed by atoms with Crippen LogP contribution in [0, 0.1) is 11.7 Å². The zero-order chi connectivity index (χ0) is 20.6. The molecular weight excluding hydrogens is 373 g/mol. The second-order valence-electron chi connectivity index (χ2n) is 8.41. The van der Waals surface area contributed by atoms with Gasteiger partial charge in [-0.2, -0.15) is 0 Å². The highest BCUT2D eigenvalue weighted by Gasteiger charge is 2.45. The molecule has 0 spiro atoms. The van der Waals surface area contributed by atoms with Gasteiger partial charge in [0.2, 0.25) is 0 Å². The third-order valence-electron chi connectivity index (χ3n) is 6.39. The molecule has 6 nitrogen and oxygen atoms in total. The largest absolute Gasteiger partial charge is 0.390 e. The van der Waals surface area contributed by atoms with Gasteiger partial charge in [0, 0.05) is 23.9 Å². The van der Waals surface area contributed by atoms with Gasteiger partial charge >= 0.3 is 11.8 Å². The van der Waals surface area contributed by atoms with E-state index >= 15 is 0 Å². The lowest BCUT2D eigenvalue weighted by atomic mass is 9.72. The minimum Gasteiger partial charge on any atom is -0.390 e. The Morgan fingerprint density at radius 3 is 2.90 bits per heavy atom. The monoisotopic (exact) mass is 399 g/mol. The Bertz CT molecular complexity index is 946. The van der Waals surface area contributed by atoms with Crippen LogP contribution < -0.4 is 5.32 Å². The number of pyridine rings is 1. The summed E-state index contributed by atoms with van der Waals surface area (Å²) in [4.78, 5) is 31.2. The molecule has 2 heterocycles. The first-order valence-electron chi connectivity index (χ1n) is 10.3. The van der Waals surface area contributed by atoms with E-state index in [4.69, 9.17) is 0 Å². The highest BCUT2D eigenvalue weighted by atomic mass is 19.1. The van der Waals surface area contributed by atoms with Crippen molar-refractivity contribution in [2.75, 3.05) is 11.9 Å². The van der Waals surface area contributed by atoms with Crippen molar-refractivity contribution in [3.8, 4) is 0 Å². The van der Waals surface area contributed by atoms with Crippen LogP contribution in [0.3, 0.4) is 0 Å². The van der Waals surface area contributed by atoms with Crippen molar-refractivity contribution < 1.29 is 19.1 Å². The van der Waals surface area contributed by atoms with E-state index in [9.17, 15) is 19.1 Å². The minimum atomic E-state index is -0.811. The average molecular weight is 399 g/mol. The number of aliphatic hydroxyl groups is 1. The predicted octanol–water partition coefficient (Wildman–Crippen LogP) is 3.24. The normalized spacial score (nSPS) is 27.2. The molecule has 3 unspecified atom stereocenters. The van der Waals surface area contributed by atoms with Gasteiger partial charge in [0.15, 0.2) is 0 Å². The van der Waals surface area contributed by atoms with E-state index in [1.54, 1.807) is 23.1 Å². The molecule has 7 heteroatoms. The molecule has 1 saturated heterocycles. The van der Waals surface area contributed by atoms with Gasteiger partial charge in [0.25, 0.3) is 0 Å². The summed E-state index contributed by atoms with van der Waals surface area (Å²) in [5.74, 6) is -1.77. The highest BCUT2D eigenvalue weighted by molar-refractivity contribution is 6.39. The number of aromatic nitrogens is 1. The van der Waals surface area contributed by atoms with Crippen LogP contribution in [-0.4, -0.2) is 45.0 Å². The number of likely N-dealkylation sites (tertiary alicyclic amines) is 1. The van der Waals surface area contributed by atoms with Crippen molar-refractivity contribution >= 4 is 28.4 Å². The maximum Gasteiger partial charge on any atom is 0.313 e. The number of halogens is 1. The number of para-hydroxylation sites is 1. The Morgan fingerprint density at radius 2 is 2.10 bits per heavy atom. The van der Waals surface area contributed by atoms with E-state index in [1.165, 1.54) is 12.3 Å². The summed E-state index contributed by atoms with van der Waals surface area (Å²) in [6.45, 7) is 2.36. The van der Waals surface area contributed by atoms with Crippen LogP contribution in [0.5, 0.6) is 0 Å². The summed E-state index contributed by atoms with van der Waals surface area (Å²) in [7, 11) is 0. The fourth-order valence-electron chi connectivity index (χ4n) is 4.92. The van der Waals surface area contributed by atoms with E-state index in [2.05, 4.69) is 10.3 Å². The first-order chi connectivity index (χ1) is 13.9. The molecule has 1 saturated carbocycles. The van der Waals surface area contributed by atoms with E-state index in [1.807, 2.05) is 6.92 Å². The first kappa shape index (κ1) is 19.8. The maximum absolute atomic E-state index is 13.8. The first-order valence-corrected chi connectivity index (χ1v) is 10.3. The maximum atomic E-state index is 13.8. The summed E-state index contributed by atoms with van der Waals surface area (Å²) in [6.07, 6.45) is 6.59. The SMILES string of the molecule is CC1(O)CCCCC1C1CCCN1C(=O)C(=O)Nc1cnc2c(F)cccc2c1. The van der Waals surface area contributed by atoms with Gasteiger partial charge in [0.05, 0.1) is 17.5 Å². The second-order valence-corrected chi connectivity index (χ2v) is 8.41. The number of amides is 2. The number of anilines is 1. The number of carbonyl (C=O) groups excluding carboxylic acids is 2. The Kier molecular flexibility index (Phi) is 5.25. The van der Waals surface area contributed by atoms with Crippen molar-refractivity contribution in [2.45, 2.75) is 57.1 Å². The molecule has 1 aromatic heterocycles. The molecule has 1 aromatic carbocycles. The van der Waals surface area contributed by atoms with Gasteiger partial charge in [-0.25, -0.2) is 4.39 Å². The molecular formula is C22H26FN3O3. The molecule has 4 rings (SSSR count). The van der Waals surface area contributed by atoms with Crippen LogP contribution in [0.25, 0.3) is 10.9 Å². The van der Waals surface area contributed by atoms with E-state index in [0.29, 0.717) is 17.6 Å². The second kappa shape index (κ2) is 7.71. The topological polar surface area (TPSA) is 82.5 Å². The number of carbonyl (C=O) groups is 2. The Hall–Kier alpha value is -2.54. The van der Waals surface area contributed by atoms with Gasteiger partial charge in [-0.3, -0.25) is 14.6 Å². The molecule has 1 aliphatic heterocycles. The van der Waals surface area contributed by atoms with Gasteiger partial charge < -0.3 is 15.3 Å². The summed E-state index contributed by atoms with van der Waals surface area (Å²) in [5, 5.41) is 14.0. The minimum absolute atomic E-state index is 0.0131. The van der Waals surface area contributed by atoms with Crippen molar-refractivity contribution in [1.82, 2.24) is 9.88 Å². The van der Waals surface area contributed by atoms with Gasteiger partial charge in [-0.1, -0.05) is 25.0 Å². The van der Waals surface area contributed by atoms with Crippen LogP contribution in [0.4, 0.5) is 10.1 Å². The fraction of sp³-hybridized carbons (Fsp3) is 0.500. The number of benzene rings is 1. The van der Waals surface area contributed by atoms with Crippen molar-refractivity contribution in [3.05, 3.63) is 36.3 Å². The highest BCUT2D eigenvalue weighted by Crippen LogP contribution is 2.40. The van der Waals surface area contributed by atoms with Gasteiger partial charge in [0.1, 0.15) is 11.3 Å². The molecule has 2 amide bonds. The molecule has 0 radical (unpaired) electrons. The Morgan fingerprint density at radius 1 is 1.28 bits per heavy atom. The average Bonchev–Trinajstić information content (AvgIpc) is 3.16. The molecule has 2 fully saturated rings. The molecule has 0 bridgehead atoms. The van der Waals surface area contributed by atoms with Crippen molar-refractivity contribution in [1.29, 1.82) is 0 Å². The summed E-state index contributed by atoms with van der Waals surface area (Å²) in [5.41, 5.74) is -0.243. The molecule has 2 N–H and O–H groups in total. The fourth-order valence-corrected chi connectivity index (χ4v) is 4.92. The third-order valence-corrected chi connectivity index (χ3v) is 6.39. The molecule has 3 atom stereocenters. The number of hydrogen-bond acceptors (Lipinski definition) is 4. The number of nitrogens with zero attached hydrogens (tertiary/aromatic N) is 2. The van der Waals surface area contributed by atoms with Crippen LogP contribution in [0.1, 0.15) is 45.4 Å². The smallest absolute Gasteiger partial charge is 0.313 e. The van der Waals surface area contributed by atoms with Crippen LogP contribution in [-0.2, 0) is 9.59 Å². The number of hydrogen-bond donors (Lipinski definition) is 2. The lowest BCUT2D eigenvalue weighted by Gasteiger charge is -2.43. The molecule has 2 aromatic rings. The van der Waals surface area contributed by atoms with Crippen LogP contribution >= 0.6 is 0 Å². The number of nitrogens with one attached hydrogen (secondary N) is 1. The molecule has 2 aliphatic rings. The third kappa shape index (κ3) is 3.83. The van der Waals surface area contributed by atoms with E-state index < -0.39 is 23.2 Å². The lowest BCUT2D eigenvalue weighted by molar-refractivity contribution is -0.146. The zero-order valence-corrected chi connectivity index (χ0v) is 16.5. The Labute approximate surface area is 169 Å². The number of fused-ring (bicyclic) bond motifs is 1. The van der Waals surface area contributed by atoms with Gasteiger partial charge in [-0.15, -0.1) is 0 Å². The van der Waals surface area contributed by atoms with Crippen LogP contribution in [0.2, 0.25) is 0 Å². The van der Waals surface area contributed by atoms with Crippen molar-refractivity contribution in [2.24, 2.45) is 5.92 Å². The Balaban J connectivity index is 1.49. The zero-order valence-electron chi connectivity index (χ0n) is 16.5. The lowest BCUT2D eigenvalue weighted by Crippen LogP contribution is -2.52. The molecule has 1 aliphatic carbocycles. The van der Waals surface area contributed by atoms with E-state index in [0.717, 1.165) is 38.5 Å². The van der Waals surface area contributed by atoms with Crippen molar-refractivity contribution in [3.63, 3.8) is 0 Å². The molecule has 154 valence electrons. The number of rotatable bonds is 2. The summed E-state index contributed by atoms with van der Waals surface area (Å²) < 4.78 is 13.8. The quantitative estimate of drug-likeness (QED) is 0.760.